The molecule has 0 heterocycles. The van der Waals surface area contributed by atoms with E-state index in [0.717, 1.165) is 6.42 Å². The standard InChI is InChI=1S/C10H13F5O5S/c11-8(12)9(13,10(14,15)21(17,18)19)20-7(16)6-4-2-1-3-5-6/h6,8H,1-5H2,(H,17,18,19). The number of rotatable bonds is 5. The second-order valence-electron chi connectivity index (χ2n) is 4.69. The number of carbonyl (C=O) groups excluding carboxylic acids is 1. The number of alkyl halides is 5. The van der Waals surface area contributed by atoms with Crippen LogP contribution >= 0.6 is 0 Å². The largest absolute Gasteiger partial charge is 0.444 e. The summed E-state index contributed by atoms with van der Waals surface area (Å²) in [6.07, 6.45) is -2.65. The van der Waals surface area contributed by atoms with Gasteiger partial charge in [-0.2, -0.15) is 21.6 Å². The molecular formula is C10H13F5O5S. The number of hydrogen-bond donors (Lipinski definition) is 1. The van der Waals surface area contributed by atoms with Crippen LogP contribution in [0.1, 0.15) is 32.1 Å². The Balaban J connectivity index is 3.03. The first-order chi connectivity index (χ1) is 9.43. The highest BCUT2D eigenvalue weighted by molar-refractivity contribution is 7.87. The summed E-state index contributed by atoms with van der Waals surface area (Å²) in [6, 6.07) is 0. The SMILES string of the molecule is O=C(OC(F)(C(F)F)C(F)(F)S(=O)(=O)O)C1CCCCC1. The van der Waals surface area contributed by atoms with E-state index in [9.17, 15) is 35.2 Å². The van der Waals surface area contributed by atoms with Crippen LogP contribution in [0.5, 0.6) is 0 Å². The van der Waals surface area contributed by atoms with Crippen LogP contribution in [0.4, 0.5) is 22.0 Å². The topological polar surface area (TPSA) is 80.7 Å². The van der Waals surface area contributed by atoms with Crippen molar-refractivity contribution in [1.29, 1.82) is 0 Å². The number of esters is 1. The molecule has 0 saturated heterocycles. The molecule has 21 heavy (non-hydrogen) atoms. The van der Waals surface area contributed by atoms with Gasteiger partial charge in [-0.05, 0) is 12.8 Å². The molecule has 0 aromatic heterocycles. The Hall–Kier alpha value is -0.970. The van der Waals surface area contributed by atoms with E-state index in [4.69, 9.17) is 4.55 Å². The fraction of sp³-hybridized carbons (Fsp3) is 0.900. The Bertz CT molecular complexity index is 488. The zero-order valence-corrected chi connectivity index (χ0v) is 11.4. The van der Waals surface area contributed by atoms with Crippen molar-refractivity contribution in [3.05, 3.63) is 0 Å². The van der Waals surface area contributed by atoms with E-state index < -0.39 is 39.5 Å². The molecule has 0 bridgehead atoms. The lowest BCUT2D eigenvalue weighted by Gasteiger charge is -2.31. The number of hydrogen-bond acceptors (Lipinski definition) is 4. The highest BCUT2D eigenvalue weighted by atomic mass is 32.2. The van der Waals surface area contributed by atoms with Crippen molar-refractivity contribution >= 4 is 16.1 Å². The zero-order valence-electron chi connectivity index (χ0n) is 10.6. The third-order valence-corrected chi connectivity index (χ3v) is 4.12. The predicted octanol–water partition coefficient (Wildman–Crippen LogP) is 2.52. The fourth-order valence-electron chi connectivity index (χ4n) is 1.97. The Morgan fingerprint density at radius 1 is 1.14 bits per heavy atom. The first kappa shape index (κ1) is 18.1. The summed E-state index contributed by atoms with van der Waals surface area (Å²) in [5, 5.41) is -5.99. The van der Waals surface area contributed by atoms with Crippen molar-refractivity contribution in [3.8, 4) is 0 Å². The first-order valence-electron chi connectivity index (χ1n) is 5.98. The second kappa shape index (κ2) is 6.03. The van der Waals surface area contributed by atoms with Gasteiger partial charge in [0.25, 0.3) is 0 Å². The van der Waals surface area contributed by atoms with Crippen molar-refractivity contribution in [2.75, 3.05) is 0 Å². The summed E-state index contributed by atoms with van der Waals surface area (Å²) in [6.45, 7) is 0. The van der Waals surface area contributed by atoms with Crippen molar-refractivity contribution in [2.24, 2.45) is 5.92 Å². The van der Waals surface area contributed by atoms with Crippen LogP contribution in [0.15, 0.2) is 0 Å². The van der Waals surface area contributed by atoms with Crippen LogP contribution in [-0.2, 0) is 19.6 Å². The maximum absolute atomic E-state index is 13.7. The van der Waals surface area contributed by atoms with Crippen molar-refractivity contribution < 1.29 is 44.5 Å². The van der Waals surface area contributed by atoms with Crippen LogP contribution in [-0.4, -0.2) is 36.5 Å². The van der Waals surface area contributed by atoms with Gasteiger partial charge in [0, 0.05) is 0 Å². The number of carbonyl (C=O) groups is 1. The van der Waals surface area contributed by atoms with Gasteiger partial charge in [0.15, 0.2) is 0 Å². The van der Waals surface area contributed by atoms with Gasteiger partial charge in [0.1, 0.15) is 0 Å². The minimum absolute atomic E-state index is 0.135. The second-order valence-corrected chi connectivity index (χ2v) is 6.16. The Kier molecular flexibility index (Phi) is 5.19. The molecule has 1 aliphatic carbocycles. The highest BCUT2D eigenvalue weighted by Crippen LogP contribution is 2.43. The molecule has 0 spiro atoms. The van der Waals surface area contributed by atoms with Gasteiger partial charge in [-0.15, -0.1) is 0 Å². The van der Waals surface area contributed by atoms with Crippen LogP contribution in [0, 0.1) is 5.92 Å². The molecule has 11 heteroatoms. The molecule has 1 fully saturated rings. The summed E-state index contributed by atoms with van der Waals surface area (Å²) >= 11 is 0. The molecular weight excluding hydrogens is 327 g/mol. The third-order valence-electron chi connectivity index (χ3n) is 3.19. The van der Waals surface area contributed by atoms with E-state index in [1.165, 1.54) is 0 Å². The third kappa shape index (κ3) is 3.44. The molecule has 1 N–H and O–H groups in total. The van der Waals surface area contributed by atoms with Gasteiger partial charge in [-0.3, -0.25) is 9.35 Å². The van der Waals surface area contributed by atoms with Crippen LogP contribution in [0.25, 0.3) is 0 Å². The van der Waals surface area contributed by atoms with Gasteiger partial charge in [0.05, 0.1) is 5.92 Å². The molecule has 1 atom stereocenters. The lowest BCUT2D eigenvalue weighted by molar-refractivity contribution is -0.286. The summed E-state index contributed by atoms with van der Waals surface area (Å²) in [4.78, 5) is 11.5. The van der Waals surface area contributed by atoms with Gasteiger partial charge < -0.3 is 4.74 Å². The minimum Gasteiger partial charge on any atom is -0.416 e. The van der Waals surface area contributed by atoms with Gasteiger partial charge >= 0.3 is 33.6 Å². The molecule has 0 radical (unpaired) electrons. The van der Waals surface area contributed by atoms with E-state index in [1.807, 2.05) is 0 Å². The summed E-state index contributed by atoms with van der Waals surface area (Å²) in [5.41, 5.74) is 0. The number of ether oxygens (including phenoxy) is 1. The van der Waals surface area contributed by atoms with Crippen molar-refractivity contribution in [1.82, 2.24) is 0 Å². The summed E-state index contributed by atoms with van der Waals surface area (Å²) in [7, 11) is -6.55. The highest BCUT2D eigenvalue weighted by Gasteiger charge is 2.72. The Morgan fingerprint density at radius 3 is 2.00 bits per heavy atom. The van der Waals surface area contributed by atoms with Gasteiger partial charge in [0.2, 0.25) is 0 Å². The molecule has 0 aromatic carbocycles. The molecule has 0 aliphatic heterocycles. The smallest absolute Gasteiger partial charge is 0.416 e. The quantitative estimate of drug-likeness (QED) is 0.472. The molecule has 0 amide bonds. The lowest BCUT2D eigenvalue weighted by atomic mass is 9.89. The molecule has 5 nitrogen and oxygen atoms in total. The normalized spacial score (nSPS) is 21.1. The molecule has 1 aliphatic rings. The molecule has 0 aromatic rings. The fourth-order valence-corrected chi connectivity index (χ4v) is 2.46. The molecule has 1 unspecified atom stereocenters. The monoisotopic (exact) mass is 340 g/mol. The summed E-state index contributed by atoms with van der Waals surface area (Å²) < 4.78 is 97.6. The zero-order chi connectivity index (χ0) is 16.5. The maximum Gasteiger partial charge on any atom is 0.444 e. The van der Waals surface area contributed by atoms with E-state index >= 15 is 0 Å². The van der Waals surface area contributed by atoms with E-state index in [1.54, 1.807) is 0 Å². The van der Waals surface area contributed by atoms with E-state index in [0.29, 0.717) is 12.8 Å². The molecule has 1 saturated carbocycles. The Labute approximate surface area is 117 Å². The van der Waals surface area contributed by atoms with Crippen LogP contribution in [0.3, 0.4) is 0 Å². The van der Waals surface area contributed by atoms with E-state index in [-0.39, 0.29) is 12.8 Å². The van der Waals surface area contributed by atoms with Gasteiger partial charge in [-0.25, -0.2) is 8.78 Å². The molecule has 1 rings (SSSR count). The van der Waals surface area contributed by atoms with E-state index in [2.05, 4.69) is 4.74 Å². The number of halogens is 5. The van der Waals surface area contributed by atoms with Gasteiger partial charge in [-0.1, -0.05) is 19.3 Å². The van der Waals surface area contributed by atoms with Crippen molar-refractivity contribution in [2.45, 2.75) is 49.6 Å². The first-order valence-corrected chi connectivity index (χ1v) is 7.42. The molecule has 124 valence electrons. The van der Waals surface area contributed by atoms with Crippen molar-refractivity contribution in [3.63, 3.8) is 0 Å². The maximum atomic E-state index is 13.7. The predicted molar refractivity (Wildman–Crippen MR) is 59.0 cm³/mol. The average molecular weight is 340 g/mol. The average Bonchev–Trinajstić information content (AvgIpc) is 2.37. The van der Waals surface area contributed by atoms with Crippen LogP contribution in [0.2, 0.25) is 0 Å². The lowest BCUT2D eigenvalue weighted by Crippen LogP contribution is -2.57. The minimum atomic E-state index is -6.55. The Morgan fingerprint density at radius 2 is 1.62 bits per heavy atom. The summed E-state index contributed by atoms with van der Waals surface area (Å²) in [5.74, 6) is -8.19. The van der Waals surface area contributed by atoms with Crippen LogP contribution < -0.4 is 0 Å².